The molecule has 8 nitrogen and oxygen atoms in total. The van der Waals surface area contributed by atoms with E-state index < -0.39 is 22.1 Å². The van der Waals surface area contributed by atoms with Crippen LogP contribution in [0.4, 0.5) is 4.79 Å². The van der Waals surface area contributed by atoms with Crippen molar-refractivity contribution >= 4 is 16.1 Å². The number of fused-ring (bicyclic) bond motifs is 1. The molecular weight excluding hydrogens is 476 g/mol. The highest BCUT2D eigenvalue weighted by Crippen LogP contribution is 2.29. The van der Waals surface area contributed by atoms with E-state index in [-0.39, 0.29) is 4.90 Å². The molecule has 2 amide bonds. The maximum Gasteiger partial charge on any atom is 0.329 e. The second kappa shape index (κ2) is 9.87. The Labute approximate surface area is 210 Å². The number of aromatic nitrogens is 2. The van der Waals surface area contributed by atoms with Crippen LogP contribution in [0.3, 0.4) is 0 Å². The Morgan fingerprint density at radius 1 is 1.08 bits per heavy atom. The van der Waals surface area contributed by atoms with E-state index in [0.717, 1.165) is 29.0 Å². The van der Waals surface area contributed by atoms with E-state index in [4.69, 9.17) is 4.74 Å². The molecule has 1 atom stereocenters. The minimum absolute atomic E-state index is 0.0571. The summed E-state index contributed by atoms with van der Waals surface area (Å²) in [5, 5.41) is 2.84. The van der Waals surface area contributed by atoms with Crippen LogP contribution in [0, 0.1) is 6.92 Å². The number of carbonyl (C=O) groups is 1. The normalized spacial score (nSPS) is 13.5. The van der Waals surface area contributed by atoms with Crippen LogP contribution in [0.5, 0.6) is 5.75 Å². The number of urea groups is 1. The van der Waals surface area contributed by atoms with Crippen LogP contribution in [0.25, 0.3) is 5.69 Å². The highest BCUT2D eigenvalue weighted by atomic mass is 32.2. The van der Waals surface area contributed by atoms with Gasteiger partial charge in [-0.15, -0.1) is 0 Å². The molecule has 0 spiro atoms. The van der Waals surface area contributed by atoms with Gasteiger partial charge in [0.1, 0.15) is 11.6 Å². The number of amides is 2. The zero-order valence-electron chi connectivity index (χ0n) is 19.7. The number of hydrogen-bond donors (Lipinski definition) is 2. The third kappa shape index (κ3) is 4.96. The zero-order chi connectivity index (χ0) is 25.1. The van der Waals surface area contributed by atoms with Crippen molar-refractivity contribution in [2.45, 2.75) is 30.7 Å². The number of carbonyl (C=O) groups excluding carboxylic acids is 1. The molecule has 0 radical (unpaired) electrons. The van der Waals surface area contributed by atoms with E-state index in [1.807, 2.05) is 53.2 Å². The van der Waals surface area contributed by atoms with E-state index in [1.54, 1.807) is 31.3 Å². The van der Waals surface area contributed by atoms with E-state index in [0.29, 0.717) is 24.4 Å². The van der Waals surface area contributed by atoms with Crippen LogP contribution in [-0.2, 0) is 22.9 Å². The Hall–Kier alpha value is -4.11. The van der Waals surface area contributed by atoms with Gasteiger partial charge in [0, 0.05) is 24.5 Å². The van der Waals surface area contributed by atoms with E-state index >= 15 is 0 Å². The number of nitrogens with zero attached hydrogens (tertiary/aromatic N) is 2. The number of benzene rings is 3. The molecule has 0 fully saturated rings. The van der Waals surface area contributed by atoms with Gasteiger partial charge in [0.05, 0.1) is 17.5 Å². The van der Waals surface area contributed by atoms with Gasteiger partial charge >= 0.3 is 6.03 Å². The second-order valence-electron chi connectivity index (χ2n) is 8.63. The lowest BCUT2D eigenvalue weighted by Gasteiger charge is -2.21. The van der Waals surface area contributed by atoms with Crippen molar-refractivity contribution in [3.05, 3.63) is 108 Å². The summed E-state index contributed by atoms with van der Waals surface area (Å²) < 4.78 is 35.4. The summed E-state index contributed by atoms with van der Waals surface area (Å²) >= 11 is 0. The van der Waals surface area contributed by atoms with E-state index in [2.05, 4.69) is 21.1 Å². The first kappa shape index (κ1) is 23.6. The molecule has 5 rings (SSSR count). The van der Waals surface area contributed by atoms with Crippen molar-refractivity contribution in [1.82, 2.24) is 19.6 Å². The summed E-state index contributed by atoms with van der Waals surface area (Å²) in [6, 6.07) is 20.7. The largest absolute Gasteiger partial charge is 0.493 e. The van der Waals surface area contributed by atoms with Gasteiger partial charge in [0.15, 0.2) is 0 Å². The van der Waals surface area contributed by atoms with Gasteiger partial charge in [-0.25, -0.2) is 22.9 Å². The lowest BCUT2D eigenvalue weighted by Crippen LogP contribution is -2.42. The quantitative estimate of drug-likeness (QED) is 0.396. The Bertz CT molecular complexity index is 1500. The molecule has 4 aromatic rings. The molecule has 9 heteroatoms. The molecule has 1 aliphatic rings. The summed E-state index contributed by atoms with van der Waals surface area (Å²) in [6.45, 7) is 2.34. The summed E-state index contributed by atoms with van der Waals surface area (Å²) in [4.78, 5) is 17.6. The van der Waals surface area contributed by atoms with E-state index in [9.17, 15) is 13.2 Å². The highest BCUT2D eigenvalue weighted by Gasteiger charge is 2.25. The minimum Gasteiger partial charge on any atom is -0.493 e. The van der Waals surface area contributed by atoms with Crippen molar-refractivity contribution in [2.24, 2.45) is 0 Å². The van der Waals surface area contributed by atoms with Crippen LogP contribution < -0.4 is 14.8 Å². The Morgan fingerprint density at radius 3 is 2.67 bits per heavy atom. The number of ether oxygens (including phenoxy) is 1. The Kier molecular flexibility index (Phi) is 6.47. The molecule has 2 heterocycles. The lowest BCUT2D eigenvalue weighted by atomic mass is 10.1. The Morgan fingerprint density at radius 2 is 1.86 bits per heavy atom. The summed E-state index contributed by atoms with van der Waals surface area (Å²) in [7, 11) is -4.05. The SMILES string of the molecule is Cc1ccccc1S(=O)(=O)NC(=O)N[C@@H](Cc1ccccc1)c1nccn1-c1ccc2c(c1)CCO2. The predicted molar refractivity (Wildman–Crippen MR) is 136 cm³/mol. The fourth-order valence-corrected chi connectivity index (χ4v) is 5.56. The molecule has 1 aromatic heterocycles. The monoisotopic (exact) mass is 502 g/mol. The second-order valence-corrected chi connectivity index (χ2v) is 10.3. The van der Waals surface area contributed by atoms with Crippen molar-refractivity contribution in [3.63, 3.8) is 0 Å². The van der Waals surface area contributed by atoms with Gasteiger partial charge in [-0.1, -0.05) is 48.5 Å². The molecule has 2 N–H and O–H groups in total. The van der Waals surface area contributed by atoms with Gasteiger partial charge in [0.2, 0.25) is 0 Å². The van der Waals surface area contributed by atoms with Crippen molar-refractivity contribution in [1.29, 1.82) is 0 Å². The topological polar surface area (TPSA) is 102 Å². The molecule has 184 valence electrons. The lowest BCUT2D eigenvalue weighted by molar-refractivity contribution is 0.241. The average molecular weight is 503 g/mol. The first-order valence-corrected chi connectivity index (χ1v) is 13.1. The third-order valence-corrected chi connectivity index (χ3v) is 7.62. The molecule has 1 aliphatic heterocycles. The van der Waals surface area contributed by atoms with Crippen LogP contribution >= 0.6 is 0 Å². The van der Waals surface area contributed by atoms with Gasteiger partial charge in [-0.05, 0) is 54.3 Å². The maximum absolute atomic E-state index is 13.0. The first-order valence-electron chi connectivity index (χ1n) is 11.6. The van der Waals surface area contributed by atoms with Crippen LogP contribution in [0.15, 0.2) is 90.1 Å². The van der Waals surface area contributed by atoms with Crippen LogP contribution in [0.1, 0.15) is 28.6 Å². The fraction of sp³-hybridized carbons (Fsp3) is 0.185. The van der Waals surface area contributed by atoms with Gasteiger partial charge in [0.25, 0.3) is 10.0 Å². The Balaban J connectivity index is 1.44. The number of sulfonamides is 1. The molecule has 0 unspecified atom stereocenters. The molecule has 36 heavy (non-hydrogen) atoms. The maximum atomic E-state index is 13.0. The molecular formula is C27H26N4O4S. The van der Waals surface area contributed by atoms with E-state index in [1.165, 1.54) is 6.07 Å². The third-order valence-electron chi connectivity index (χ3n) is 6.13. The number of hydrogen-bond acceptors (Lipinski definition) is 5. The van der Waals surface area contributed by atoms with Crippen molar-refractivity contribution in [2.75, 3.05) is 6.61 Å². The van der Waals surface area contributed by atoms with Crippen molar-refractivity contribution in [3.8, 4) is 11.4 Å². The number of nitrogens with one attached hydrogen (secondary N) is 2. The molecule has 0 saturated heterocycles. The minimum atomic E-state index is -4.05. The molecule has 0 aliphatic carbocycles. The summed E-state index contributed by atoms with van der Waals surface area (Å²) in [6.07, 6.45) is 4.75. The van der Waals surface area contributed by atoms with Crippen LogP contribution in [-0.4, -0.2) is 30.6 Å². The fourth-order valence-electron chi connectivity index (χ4n) is 4.39. The van der Waals surface area contributed by atoms with Crippen molar-refractivity contribution < 1.29 is 17.9 Å². The number of aryl methyl sites for hydroxylation is 1. The zero-order valence-corrected chi connectivity index (χ0v) is 20.5. The summed E-state index contributed by atoms with van der Waals surface area (Å²) in [5.41, 5.74) is 3.53. The first-order chi connectivity index (χ1) is 17.4. The molecule has 0 saturated carbocycles. The summed E-state index contributed by atoms with van der Waals surface area (Å²) in [5.74, 6) is 1.46. The number of imidazole rings is 1. The van der Waals surface area contributed by atoms with Gasteiger partial charge in [-0.2, -0.15) is 0 Å². The highest BCUT2D eigenvalue weighted by molar-refractivity contribution is 7.90. The molecule has 0 bridgehead atoms. The predicted octanol–water partition coefficient (Wildman–Crippen LogP) is 4.09. The number of rotatable bonds is 7. The average Bonchev–Trinajstić information content (AvgIpc) is 3.53. The van der Waals surface area contributed by atoms with Gasteiger partial charge < -0.3 is 14.6 Å². The van der Waals surface area contributed by atoms with Crippen LogP contribution in [0.2, 0.25) is 0 Å². The smallest absolute Gasteiger partial charge is 0.329 e. The van der Waals surface area contributed by atoms with Gasteiger partial charge in [-0.3, -0.25) is 0 Å². The molecule has 3 aromatic carbocycles. The standard InChI is InChI=1S/C27H26N4O4S/c1-19-7-5-6-10-25(19)36(33,34)30-27(32)29-23(17-20-8-3-2-4-9-20)26-28-14-15-31(26)22-11-12-24-21(18-22)13-16-35-24/h2-12,14-15,18,23H,13,16-17H2,1H3,(H2,29,30,32)/t23-/m0/s1.